The van der Waals surface area contributed by atoms with Gasteiger partial charge in [-0.25, -0.2) is 4.79 Å². The Morgan fingerprint density at radius 2 is 2.05 bits per heavy atom. The van der Waals surface area contributed by atoms with E-state index in [9.17, 15) is 4.79 Å². The molecule has 0 radical (unpaired) electrons. The van der Waals surface area contributed by atoms with Crippen LogP contribution < -0.4 is 5.32 Å². The predicted molar refractivity (Wildman–Crippen MR) is 85.1 cm³/mol. The number of halogens is 2. The normalized spacial score (nSPS) is 18.8. The molecule has 1 aromatic rings. The first kappa shape index (κ1) is 15.5. The zero-order valence-corrected chi connectivity index (χ0v) is 13.4. The van der Waals surface area contributed by atoms with Crippen LogP contribution in [0.4, 0.5) is 0 Å². The van der Waals surface area contributed by atoms with E-state index in [1.54, 1.807) is 0 Å². The number of piperidine rings is 1. The summed E-state index contributed by atoms with van der Waals surface area (Å²) < 4.78 is 6.04. The fourth-order valence-corrected chi connectivity index (χ4v) is 3.18. The highest BCUT2D eigenvalue weighted by atomic mass is 79.9. The molecule has 0 bridgehead atoms. The van der Waals surface area contributed by atoms with Crippen molar-refractivity contribution in [3.8, 4) is 0 Å². The van der Waals surface area contributed by atoms with Crippen molar-refractivity contribution in [3.05, 3.63) is 39.4 Å². The minimum Gasteiger partial charge on any atom is -0.457 e. The van der Waals surface area contributed by atoms with Crippen LogP contribution in [-0.4, -0.2) is 19.1 Å². The Balaban J connectivity index is 0.00000147. The third-order valence-electron chi connectivity index (χ3n) is 3.77. The van der Waals surface area contributed by atoms with Gasteiger partial charge in [-0.15, -0.1) is 12.4 Å². The minimum absolute atomic E-state index is 0. The molecule has 1 aromatic carbocycles. The van der Waals surface area contributed by atoms with Crippen LogP contribution in [-0.2, 0) is 11.3 Å². The van der Waals surface area contributed by atoms with E-state index in [0.717, 1.165) is 28.7 Å². The van der Waals surface area contributed by atoms with Gasteiger partial charge in [0, 0.05) is 10.0 Å². The summed E-state index contributed by atoms with van der Waals surface area (Å²) >= 11 is 3.59. The van der Waals surface area contributed by atoms with E-state index in [2.05, 4.69) is 33.4 Å². The second-order valence-electron chi connectivity index (χ2n) is 5.02. The molecule has 2 heterocycles. The molecule has 2 aliphatic rings. The quantitative estimate of drug-likeness (QED) is 0.822. The summed E-state index contributed by atoms with van der Waals surface area (Å²) in [5, 5.41) is 3.37. The van der Waals surface area contributed by atoms with E-state index in [0.29, 0.717) is 18.1 Å². The topological polar surface area (TPSA) is 38.3 Å². The summed E-state index contributed by atoms with van der Waals surface area (Å²) in [5.74, 6) is 0.434. The van der Waals surface area contributed by atoms with Gasteiger partial charge in [-0.05, 0) is 59.4 Å². The number of cyclic esters (lactones) is 1. The number of hydrogen-bond acceptors (Lipinski definition) is 3. The number of esters is 1. The molecular weight excluding hydrogens is 342 g/mol. The van der Waals surface area contributed by atoms with Crippen LogP contribution in [0.1, 0.15) is 34.3 Å². The highest BCUT2D eigenvalue weighted by Gasteiger charge is 2.24. The van der Waals surface area contributed by atoms with Crippen LogP contribution in [0.5, 0.6) is 0 Å². The molecule has 0 saturated carbocycles. The van der Waals surface area contributed by atoms with E-state index in [1.807, 2.05) is 12.1 Å². The maximum Gasteiger partial charge on any atom is 0.338 e. The second kappa shape index (κ2) is 6.74. The van der Waals surface area contributed by atoms with Gasteiger partial charge < -0.3 is 10.1 Å². The van der Waals surface area contributed by atoms with Crippen molar-refractivity contribution in [1.29, 1.82) is 0 Å². The Labute approximate surface area is 133 Å². The fraction of sp³-hybridized carbons (Fsp3) is 0.400. The Hall–Kier alpha value is -0.840. The summed E-state index contributed by atoms with van der Waals surface area (Å²) in [6.45, 7) is 2.58. The summed E-state index contributed by atoms with van der Waals surface area (Å²) in [5.41, 5.74) is 2.78. The molecule has 0 spiro atoms. The van der Waals surface area contributed by atoms with E-state index in [1.165, 1.54) is 12.8 Å². The van der Waals surface area contributed by atoms with Crippen molar-refractivity contribution in [2.75, 3.05) is 13.1 Å². The Morgan fingerprint density at radius 3 is 2.80 bits per heavy atom. The molecule has 0 amide bonds. The van der Waals surface area contributed by atoms with E-state index >= 15 is 0 Å². The van der Waals surface area contributed by atoms with Gasteiger partial charge in [0.15, 0.2) is 0 Å². The number of hydrogen-bond donors (Lipinski definition) is 1. The third kappa shape index (κ3) is 3.08. The van der Waals surface area contributed by atoms with Crippen LogP contribution in [0.25, 0.3) is 6.08 Å². The number of carbonyl (C=O) groups excluding carboxylic acids is 1. The molecule has 1 fully saturated rings. The molecule has 20 heavy (non-hydrogen) atoms. The molecule has 5 heteroatoms. The van der Waals surface area contributed by atoms with E-state index in [-0.39, 0.29) is 18.4 Å². The van der Waals surface area contributed by atoms with Gasteiger partial charge in [-0.2, -0.15) is 0 Å². The van der Waals surface area contributed by atoms with Gasteiger partial charge in [0.25, 0.3) is 0 Å². The lowest BCUT2D eigenvalue weighted by Crippen LogP contribution is -2.26. The Bertz CT molecular complexity index is 539. The standard InChI is InChI=1S/C15H16BrNO2.ClH/c16-14-11(2-1-10-5-7-17-8-6-10)3-4-12-13(14)9-19-15(12)18;/h1-4,10,17H,5-9H2;1H/b2-1-;. The average molecular weight is 359 g/mol. The number of fused-ring (bicyclic) bond motifs is 1. The van der Waals surface area contributed by atoms with Crippen molar-refractivity contribution in [2.45, 2.75) is 19.4 Å². The third-order valence-corrected chi connectivity index (χ3v) is 4.71. The number of ether oxygens (including phenoxy) is 1. The molecule has 1 saturated heterocycles. The van der Waals surface area contributed by atoms with Gasteiger partial charge in [-0.3, -0.25) is 0 Å². The highest BCUT2D eigenvalue weighted by molar-refractivity contribution is 9.10. The van der Waals surface area contributed by atoms with Crippen LogP contribution in [0.15, 0.2) is 22.7 Å². The smallest absolute Gasteiger partial charge is 0.338 e. The Morgan fingerprint density at radius 1 is 1.30 bits per heavy atom. The zero-order chi connectivity index (χ0) is 13.2. The molecule has 0 aromatic heterocycles. The van der Waals surface area contributed by atoms with E-state index in [4.69, 9.17) is 4.74 Å². The maximum absolute atomic E-state index is 11.5. The molecule has 108 valence electrons. The number of carbonyl (C=O) groups is 1. The van der Waals surface area contributed by atoms with Crippen LogP contribution in [0, 0.1) is 5.92 Å². The first-order valence-corrected chi connectivity index (χ1v) is 7.42. The van der Waals surface area contributed by atoms with Gasteiger partial charge in [0.2, 0.25) is 0 Å². The minimum atomic E-state index is -0.218. The predicted octanol–water partition coefficient (Wildman–Crippen LogP) is 3.55. The monoisotopic (exact) mass is 357 g/mol. The number of allylic oxidation sites excluding steroid dienone is 1. The van der Waals surface area contributed by atoms with Gasteiger partial charge in [-0.1, -0.05) is 18.2 Å². The van der Waals surface area contributed by atoms with Crippen molar-refractivity contribution in [3.63, 3.8) is 0 Å². The summed E-state index contributed by atoms with van der Waals surface area (Å²) in [6, 6.07) is 3.84. The molecular formula is C15H17BrClNO2. The van der Waals surface area contributed by atoms with Crippen molar-refractivity contribution in [1.82, 2.24) is 5.32 Å². The molecule has 1 N–H and O–H groups in total. The van der Waals surface area contributed by atoms with Crippen LogP contribution in [0.3, 0.4) is 0 Å². The largest absolute Gasteiger partial charge is 0.457 e. The molecule has 0 aliphatic carbocycles. The summed E-state index contributed by atoms with van der Waals surface area (Å²) in [4.78, 5) is 11.5. The molecule has 2 aliphatic heterocycles. The fourth-order valence-electron chi connectivity index (χ4n) is 2.59. The van der Waals surface area contributed by atoms with Crippen LogP contribution in [0.2, 0.25) is 0 Å². The lowest BCUT2D eigenvalue weighted by Gasteiger charge is -2.19. The lowest BCUT2D eigenvalue weighted by atomic mass is 9.96. The van der Waals surface area contributed by atoms with E-state index < -0.39 is 0 Å². The molecule has 0 atom stereocenters. The average Bonchev–Trinajstić information content (AvgIpc) is 2.82. The van der Waals surface area contributed by atoms with Crippen molar-refractivity contribution >= 4 is 40.4 Å². The number of benzene rings is 1. The van der Waals surface area contributed by atoms with Gasteiger partial charge in [0.1, 0.15) is 6.61 Å². The molecule has 3 rings (SSSR count). The molecule has 3 nitrogen and oxygen atoms in total. The van der Waals surface area contributed by atoms with Crippen molar-refractivity contribution < 1.29 is 9.53 Å². The zero-order valence-electron chi connectivity index (χ0n) is 11.0. The van der Waals surface area contributed by atoms with Gasteiger partial charge >= 0.3 is 5.97 Å². The highest BCUT2D eigenvalue weighted by Crippen LogP contribution is 2.31. The van der Waals surface area contributed by atoms with Crippen molar-refractivity contribution in [2.24, 2.45) is 5.92 Å². The summed E-state index contributed by atoms with van der Waals surface area (Å²) in [7, 11) is 0. The number of nitrogens with one attached hydrogen (secondary N) is 1. The number of rotatable bonds is 2. The first-order valence-electron chi connectivity index (χ1n) is 6.63. The Kier molecular flexibility index (Phi) is 5.24. The summed E-state index contributed by atoms with van der Waals surface area (Å²) in [6.07, 6.45) is 6.83. The van der Waals surface area contributed by atoms with Gasteiger partial charge in [0.05, 0.1) is 5.56 Å². The SMILES string of the molecule is Cl.O=C1OCc2c1ccc(/C=C\C1CCNCC1)c2Br. The second-order valence-corrected chi connectivity index (χ2v) is 5.81. The maximum atomic E-state index is 11.5. The first-order chi connectivity index (χ1) is 9.25. The lowest BCUT2D eigenvalue weighted by molar-refractivity contribution is 0.0535. The van der Waals surface area contributed by atoms with Crippen LogP contribution >= 0.6 is 28.3 Å². The molecule has 0 unspecified atom stereocenters.